The van der Waals surface area contributed by atoms with Crippen molar-refractivity contribution in [2.24, 2.45) is 0 Å². The number of unbranched alkanes of at least 4 members (excludes halogenated alkanes) is 7. The first-order chi connectivity index (χ1) is 25.5. The molecule has 8 nitrogen and oxygen atoms in total. The van der Waals surface area contributed by atoms with Crippen molar-refractivity contribution >= 4 is 23.1 Å². The van der Waals surface area contributed by atoms with E-state index in [2.05, 4.69) is 9.69 Å². The lowest BCUT2D eigenvalue weighted by molar-refractivity contribution is 0.0488. The van der Waals surface area contributed by atoms with Crippen LogP contribution in [0.2, 0.25) is 0 Å². The Labute approximate surface area is 303 Å². The van der Waals surface area contributed by atoms with Crippen molar-refractivity contribution in [1.82, 2.24) is 0 Å². The van der Waals surface area contributed by atoms with Gasteiger partial charge in [-0.05, 0) is 58.4 Å². The van der Waals surface area contributed by atoms with E-state index in [4.69, 9.17) is 22.6 Å². The van der Waals surface area contributed by atoms with Gasteiger partial charge in [0.1, 0.15) is 0 Å². The first kappa shape index (κ1) is 35.1. The number of ether oxygens (including phenoxy) is 2. The number of benzene rings is 4. The second-order valence-corrected chi connectivity index (χ2v) is 12.5. The topological polar surface area (TPSA) is 109 Å². The average Bonchev–Trinajstić information content (AvgIpc) is 3.69. The maximum absolute atomic E-state index is 13.2. The number of hydrogen-bond acceptors (Lipinski definition) is 6. The summed E-state index contributed by atoms with van der Waals surface area (Å²) in [6, 6.07) is 29.7. The summed E-state index contributed by atoms with van der Waals surface area (Å²) >= 11 is 0. The molecular weight excluding hydrogens is 649 g/mol. The molecule has 6 rings (SSSR count). The molecule has 52 heavy (non-hydrogen) atoms. The van der Waals surface area contributed by atoms with Gasteiger partial charge in [0.2, 0.25) is 0 Å². The molecule has 0 amide bonds. The lowest BCUT2D eigenvalue weighted by atomic mass is 9.99. The van der Waals surface area contributed by atoms with Gasteiger partial charge < -0.3 is 9.47 Å². The maximum Gasteiger partial charge on any atom is 0.338 e. The maximum atomic E-state index is 13.2. The van der Waals surface area contributed by atoms with Gasteiger partial charge in [0.05, 0.1) is 49.6 Å². The SMILES string of the molecule is [C-]#[N+]/C(C#N)=C1/c2ccccc2-c2c(C(=O)OCCCCCCCCCCOC(=O)c3cccc4c3-c3ccccc3/C4=C(/C#N)[N+]#[C-])cccc21. The molecule has 0 radical (unpaired) electrons. The summed E-state index contributed by atoms with van der Waals surface area (Å²) in [5.74, 6) is -0.822. The second kappa shape index (κ2) is 16.3. The highest BCUT2D eigenvalue weighted by molar-refractivity contribution is 6.11. The van der Waals surface area contributed by atoms with Gasteiger partial charge in [0.15, 0.2) is 0 Å². The lowest BCUT2D eigenvalue weighted by Crippen LogP contribution is -2.08. The number of esters is 2. The Hall–Kier alpha value is -6.74. The third kappa shape index (κ3) is 6.84. The first-order valence-corrected chi connectivity index (χ1v) is 17.4. The summed E-state index contributed by atoms with van der Waals surface area (Å²) in [5.41, 5.74) is 7.99. The highest BCUT2D eigenvalue weighted by Gasteiger charge is 2.31. The Morgan fingerprint density at radius 1 is 0.500 bits per heavy atom. The van der Waals surface area contributed by atoms with Crippen molar-refractivity contribution in [3.05, 3.63) is 153 Å². The van der Waals surface area contributed by atoms with Gasteiger partial charge in [0, 0.05) is 22.3 Å². The van der Waals surface area contributed by atoms with E-state index in [0.29, 0.717) is 57.7 Å². The standard InChI is InChI=1S/C44H34N4O4/c1-47-37(27-45)41-31-19-11-9-17-29(31)39-33(41)21-15-23-35(39)43(49)51-25-13-7-5-3-4-6-8-14-26-52-44(50)36-24-16-22-34-40(36)30-18-10-12-20-32(30)42(34)38(28-46)48-2/h9-12,15-24H,3-8,13-14,25-26H2/b41-37-,42-38+. The number of rotatable bonds is 13. The van der Waals surface area contributed by atoms with Crippen LogP contribution in [-0.4, -0.2) is 25.2 Å². The predicted molar refractivity (Wildman–Crippen MR) is 198 cm³/mol. The Balaban J connectivity index is 0.907. The number of hydrogen-bond donors (Lipinski definition) is 0. The van der Waals surface area contributed by atoms with Crippen molar-refractivity contribution in [1.29, 1.82) is 10.5 Å². The molecule has 0 aromatic heterocycles. The number of nitrogens with zero attached hydrogens (tertiary/aromatic N) is 4. The van der Waals surface area contributed by atoms with Crippen LogP contribution in [0.5, 0.6) is 0 Å². The summed E-state index contributed by atoms with van der Waals surface area (Å²) in [6.07, 6.45) is 7.59. The quantitative estimate of drug-likeness (QED) is 0.0519. The van der Waals surface area contributed by atoms with E-state index in [0.717, 1.165) is 73.6 Å². The van der Waals surface area contributed by atoms with Gasteiger partial charge >= 0.3 is 11.9 Å². The zero-order chi connectivity index (χ0) is 36.5. The van der Waals surface area contributed by atoms with Crippen LogP contribution in [0.15, 0.2) is 96.3 Å². The Kier molecular flexibility index (Phi) is 11.0. The highest BCUT2D eigenvalue weighted by Crippen LogP contribution is 2.48. The van der Waals surface area contributed by atoms with E-state index in [9.17, 15) is 20.1 Å². The Morgan fingerprint density at radius 2 is 0.846 bits per heavy atom. The summed E-state index contributed by atoms with van der Waals surface area (Å²) in [7, 11) is 0. The molecule has 0 heterocycles. The van der Waals surface area contributed by atoms with Crippen LogP contribution in [0, 0.1) is 35.8 Å². The molecule has 0 fully saturated rings. The fourth-order valence-electron chi connectivity index (χ4n) is 7.10. The third-order valence-corrected chi connectivity index (χ3v) is 9.45. The Morgan fingerprint density at radius 3 is 1.21 bits per heavy atom. The van der Waals surface area contributed by atoms with Crippen LogP contribution >= 0.6 is 0 Å². The van der Waals surface area contributed by atoms with Gasteiger partial charge in [0.25, 0.3) is 11.4 Å². The largest absolute Gasteiger partial charge is 0.462 e. The molecule has 0 saturated heterocycles. The van der Waals surface area contributed by atoms with Gasteiger partial charge in [-0.25, -0.2) is 29.8 Å². The molecule has 0 bridgehead atoms. The molecule has 0 N–H and O–H groups in total. The molecule has 254 valence electrons. The summed E-state index contributed by atoms with van der Waals surface area (Å²) in [6.45, 7) is 15.6. The van der Waals surface area contributed by atoms with Crippen molar-refractivity contribution in [2.45, 2.75) is 51.4 Å². The fourth-order valence-corrected chi connectivity index (χ4v) is 7.10. The van der Waals surface area contributed by atoms with Crippen molar-refractivity contribution in [2.75, 3.05) is 13.2 Å². The summed E-state index contributed by atoms with van der Waals surface area (Å²) < 4.78 is 11.3. The third-order valence-electron chi connectivity index (χ3n) is 9.45. The van der Waals surface area contributed by atoms with Crippen LogP contribution in [0.1, 0.15) is 94.3 Å². The van der Waals surface area contributed by atoms with Crippen LogP contribution in [0.3, 0.4) is 0 Å². The van der Waals surface area contributed by atoms with E-state index in [1.807, 2.05) is 72.8 Å². The van der Waals surface area contributed by atoms with Crippen LogP contribution in [0.4, 0.5) is 0 Å². The van der Waals surface area contributed by atoms with E-state index in [-0.39, 0.29) is 11.4 Å². The minimum Gasteiger partial charge on any atom is -0.462 e. The van der Waals surface area contributed by atoms with Crippen LogP contribution in [-0.2, 0) is 9.47 Å². The van der Waals surface area contributed by atoms with Crippen LogP contribution < -0.4 is 0 Å². The van der Waals surface area contributed by atoms with E-state index < -0.39 is 11.9 Å². The lowest BCUT2D eigenvalue weighted by Gasteiger charge is -2.10. The number of carbonyl (C=O) groups is 2. The zero-order valence-corrected chi connectivity index (χ0v) is 28.6. The highest BCUT2D eigenvalue weighted by atomic mass is 16.5. The molecule has 4 aromatic carbocycles. The van der Waals surface area contributed by atoms with Gasteiger partial charge in [-0.2, -0.15) is 0 Å². The molecule has 0 aliphatic heterocycles. The van der Waals surface area contributed by atoms with Gasteiger partial charge in [-0.1, -0.05) is 111 Å². The van der Waals surface area contributed by atoms with E-state index in [1.54, 1.807) is 24.3 Å². The van der Waals surface area contributed by atoms with E-state index in [1.165, 1.54) is 0 Å². The van der Waals surface area contributed by atoms with Crippen LogP contribution in [0.25, 0.3) is 43.1 Å². The minimum absolute atomic E-state index is 0.00118. The molecule has 4 aromatic rings. The number of fused-ring (bicyclic) bond motifs is 6. The number of nitriles is 2. The van der Waals surface area contributed by atoms with Crippen molar-refractivity contribution in [3.8, 4) is 34.4 Å². The molecule has 0 saturated carbocycles. The first-order valence-electron chi connectivity index (χ1n) is 17.4. The molecule has 0 unspecified atom stereocenters. The molecule has 0 atom stereocenters. The van der Waals surface area contributed by atoms with Crippen molar-refractivity contribution in [3.63, 3.8) is 0 Å². The second-order valence-electron chi connectivity index (χ2n) is 12.5. The zero-order valence-electron chi connectivity index (χ0n) is 28.6. The van der Waals surface area contributed by atoms with Crippen molar-refractivity contribution < 1.29 is 19.1 Å². The minimum atomic E-state index is -0.411. The predicted octanol–water partition coefficient (Wildman–Crippen LogP) is 10.2. The average molecular weight is 683 g/mol. The molecule has 8 heteroatoms. The number of carbonyl (C=O) groups excluding carboxylic acids is 2. The molecular formula is C44H34N4O4. The number of allylic oxidation sites excluding steroid dienone is 2. The smallest absolute Gasteiger partial charge is 0.338 e. The Bertz CT molecular complexity index is 2110. The summed E-state index contributed by atoms with van der Waals surface area (Å²) in [4.78, 5) is 33.2. The molecule has 0 spiro atoms. The van der Waals surface area contributed by atoms with Gasteiger partial charge in [-0.15, -0.1) is 0 Å². The normalized spacial score (nSPS) is 13.5. The monoisotopic (exact) mass is 682 g/mol. The molecule has 2 aliphatic rings. The fraction of sp³-hybridized carbons (Fsp3) is 0.227. The molecule has 2 aliphatic carbocycles. The van der Waals surface area contributed by atoms with E-state index >= 15 is 0 Å². The summed E-state index contributed by atoms with van der Waals surface area (Å²) in [5, 5.41) is 19.1. The van der Waals surface area contributed by atoms with Gasteiger partial charge in [-0.3, -0.25) is 0 Å².